The largest absolute Gasteiger partial charge is 0.399 e. The maximum absolute atomic E-state index is 12.1. The average Bonchev–Trinajstić information content (AvgIpc) is 2.61. The number of benzene rings is 1. The van der Waals surface area contributed by atoms with Crippen LogP contribution in [0.15, 0.2) is 22.5 Å². The first-order valence-electron chi connectivity index (χ1n) is 4.48. The normalized spacial score (nSPS) is 12.1. The van der Waals surface area contributed by atoms with E-state index in [-0.39, 0.29) is 4.34 Å². The van der Waals surface area contributed by atoms with Crippen LogP contribution < -0.4 is 5.73 Å². The van der Waals surface area contributed by atoms with Crippen molar-refractivity contribution >= 4 is 37.1 Å². The highest BCUT2D eigenvalue weighted by atomic mass is 32.2. The molecule has 7 heteroatoms. The highest BCUT2D eigenvalue weighted by Gasteiger charge is 2.19. The predicted octanol–water partition coefficient (Wildman–Crippen LogP) is 1.62. The van der Waals surface area contributed by atoms with Gasteiger partial charge in [-0.15, -0.1) is 11.3 Å². The molecule has 0 amide bonds. The Morgan fingerprint density at radius 1 is 1.44 bits per heavy atom. The minimum absolute atomic E-state index is 0.0502. The summed E-state index contributed by atoms with van der Waals surface area (Å²) in [7, 11) is -3.59. The number of anilines is 1. The maximum atomic E-state index is 12.1. The van der Waals surface area contributed by atoms with E-state index in [0.717, 1.165) is 11.3 Å². The molecule has 0 atom stereocenters. The number of thiazole rings is 1. The number of aromatic nitrogens is 1. The van der Waals surface area contributed by atoms with Gasteiger partial charge in [-0.05, 0) is 18.2 Å². The third-order valence-corrected chi connectivity index (χ3v) is 5.14. The number of alkyl halides is 1. The van der Waals surface area contributed by atoms with Crippen molar-refractivity contribution in [2.45, 2.75) is 4.34 Å². The first-order valence-corrected chi connectivity index (χ1v) is 6.94. The van der Waals surface area contributed by atoms with Crippen molar-refractivity contribution in [2.75, 3.05) is 18.2 Å². The van der Waals surface area contributed by atoms with Crippen molar-refractivity contribution in [1.29, 1.82) is 0 Å². The molecule has 0 aliphatic heterocycles. The van der Waals surface area contributed by atoms with Gasteiger partial charge in [0.15, 0.2) is 0 Å². The summed E-state index contributed by atoms with van der Waals surface area (Å²) in [5, 5.41) is 0. The third kappa shape index (κ3) is 2.00. The van der Waals surface area contributed by atoms with E-state index < -0.39 is 22.3 Å². The number of halogens is 1. The summed E-state index contributed by atoms with van der Waals surface area (Å²) in [5.74, 6) is -0.525. The second kappa shape index (κ2) is 3.99. The van der Waals surface area contributed by atoms with Crippen molar-refractivity contribution in [3.8, 4) is 0 Å². The van der Waals surface area contributed by atoms with Crippen molar-refractivity contribution in [3.05, 3.63) is 18.2 Å². The number of nitrogens with zero attached hydrogens (tertiary/aromatic N) is 1. The Hall–Kier alpha value is -1.21. The number of nitrogen functional groups attached to an aromatic ring is 1. The van der Waals surface area contributed by atoms with E-state index in [1.165, 1.54) is 0 Å². The molecule has 86 valence electrons. The fraction of sp³-hybridized carbons (Fsp3) is 0.222. The third-order valence-electron chi connectivity index (χ3n) is 2.00. The zero-order valence-electron chi connectivity index (χ0n) is 8.18. The Kier molecular flexibility index (Phi) is 2.81. The molecule has 0 aliphatic rings. The monoisotopic (exact) mass is 260 g/mol. The number of hydrogen-bond acceptors (Lipinski definition) is 5. The molecular weight excluding hydrogens is 251 g/mol. The molecule has 2 rings (SSSR count). The van der Waals surface area contributed by atoms with Gasteiger partial charge in [-0.25, -0.2) is 17.8 Å². The highest BCUT2D eigenvalue weighted by Crippen LogP contribution is 2.27. The van der Waals surface area contributed by atoms with Gasteiger partial charge >= 0.3 is 0 Å². The van der Waals surface area contributed by atoms with Crippen LogP contribution in [0, 0.1) is 0 Å². The van der Waals surface area contributed by atoms with E-state index in [9.17, 15) is 12.8 Å². The summed E-state index contributed by atoms with van der Waals surface area (Å²) < 4.78 is 35.8. The molecule has 2 aromatic rings. The van der Waals surface area contributed by atoms with Crippen LogP contribution in [0.2, 0.25) is 0 Å². The van der Waals surface area contributed by atoms with Gasteiger partial charge in [0, 0.05) is 5.69 Å². The molecule has 1 heterocycles. The molecule has 0 unspecified atom stereocenters. The Labute approximate surface area is 95.8 Å². The van der Waals surface area contributed by atoms with Crippen LogP contribution in [-0.2, 0) is 9.84 Å². The Morgan fingerprint density at radius 3 is 2.88 bits per heavy atom. The lowest BCUT2D eigenvalue weighted by Gasteiger charge is -1.93. The minimum Gasteiger partial charge on any atom is -0.399 e. The van der Waals surface area contributed by atoms with E-state index in [1.807, 2.05) is 0 Å². The van der Waals surface area contributed by atoms with Gasteiger partial charge in [-0.2, -0.15) is 0 Å². The first-order chi connectivity index (χ1) is 7.53. The van der Waals surface area contributed by atoms with Crippen LogP contribution in [0.4, 0.5) is 10.1 Å². The van der Waals surface area contributed by atoms with Crippen molar-refractivity contribution < 1.29 is 12.8 Å². The topological polar surface area (TPSA) is 73.0 Å². The van der Waals surface area contributed by atoms with Gasteiger partial charge in [0.25, 0.3) is 0 Å². The zero-order valence-corrected chi connectivity index (χ0v) is 9.81. The molecule has 1 aromatic heterocycles. The summed E-state index contributed by atoms with van der Waals surface area (Å²) in [6.45, 7) is -0.902. The second-order valence-corrected chi connectivity index (χ2v) is 6.53. The molecule has 0 fully saturated rings. The number of hydrogen-bond donors (Lipinski definition) is 1. The molecule has 2 N–H and O–H groups in total. The summed E-state index contributed by atoms with van der Waals surface area (Å²) >= 11 is 1.01. The smallest absolute Gasteiger partial charge is 0.210 e. The summed E-state index contributed by atoms with van der Waals surface area (Å²) in [5.41, 5.74) is 6.68. The molecule has 1 aromatic carbocycles. The molecule has 16 heavy (non-hydrogen) atoms. The average molecular weight is 260 g/mol. The molecular formula is C9H9FN2O2S2. The van der Waals surface area contributed by atoms with Gasteiger partial charge < -0.3 is 5.73 Å². The highest BCUT2D eigenvalue weighted by molar-refractivity contribution is 7.93. The SMILES string of the molecule is Nc1ccc2nc(S(=O)(=O)CCF)sc2c1. The molecule has 0 bridgehead atoms. The second-order valence-electron chi connectivity index (χ2n) is 3.21. The lowest BCUT2D eigenvalue weighted by molar-refractivity contribution is 0.517. The van der Waals surface area contributed by atoms with Gasteiger partial charge in [0.05, 0.1) is 16.0 Å². The first kappa shape index (κ1) is 11.3. The Balaban J connectivity index is 2.55. The van der Waals surface area contributed by atoms with Crippen LogP contribution >= 0.6 is 11.3 Å². The lowest BCUT2D eigenvalue weighted by Crippen LogP contribution is -2.07. The molecule has 0 radical (unpaired) electrons. The number of nitrogens with two attached hydrogens (primary N) is 1. The zero-order chi connectivity index (χ0) is 11.8. The fourth-order valence-corrected chi connectivity index (χ4v) is 3.63. The number of fused-ring (bicyclic) bond motifs is 1. The van der Waals surface area contributed by atoms with E-state index in [4.69, 9.17) is 5.73 Å². The van der Waals surface area contributed by atoms with Crippen LogP contribution in [0.1, 0.15) is 0 Å². The Bertz CT molecular complexity index is 621. The molecule has 0 spiro atoms. The number of sulfone groups is 1. The lowest BCUT2D eigenvalue weighted by atomic mass is 10.3. The van der Waals surface area contributed by atoms with Crippen molar-refractivity contribution in [3.63, 3.8) is 0 Å². The Morgan fingerprint density at radius 2 is 2.19 bits per heavy atom. The van der Waals surface area contributed by atoms with Crippen molar-refractivity contribution in [2.24, 2.45) is 0 Å². The molecule has 0 aliphatic carbocycles. The van der Waals surface area contributed by atoms with E-state index in [0.29, 0.717) is 15.9 Å². The summed E-state index contributed by atoms with van der Waals surface area (Å²) in [6, 6.07) is 4.95. The van der Waals surface area contributed by atoms with E-state index in [2.05, 4.69) is 4.98 Å². The van der Waals surface area contributed by atoms with Crippen LogP contribution in [0.25, 0.3) is 10.2 Å². The van der Waals surface area contributed by atoms with Crippen LogP contribution in [0.5, 0.6) is 0 Å². The van der Waals surface area contributed by atoms with E-state index in [1.54, 1.807) is 18.2 Å². The van der Waals surface area contributed by atoms with Gasteiger partial charge in [0.2, 0.25) is 14.2 Å². The fourth-order valence-electron chi connectivity index (χ4n) is 1.24. The van der Waals surface area contributed by atoms with E-state index >= 15 is 0 Å². The summed E-state index contributed by atoms with van der Waals surface area (Å²) in [6.07, 6.45) is 0. The standard InChI is InChI=1S/C9H9FN2O2S2/c10-3-4-16(13,14)9-12-7-2-1-6(11)5-8(7)15-9/h1-2,5H,3-4,11H2. The molecule has 0 saturated carbocycles. The molecule has 0 saturated heterocycles. The van der Waals surface area contributed by atoms with Gasteiger partial charge in [0.1, 0.15) is 6.67 Å². The van der Waals surface area contributed by atoms with Crippen molar-refractivity contribution in [1.82, 2.24) is 4.98 Å². The van der Waals surface area contributed by atoms with Gasteiger partial charge in [-0.1, -0.05) is 0 Å². The molecule has 4 nitrogen and oxygen atoms in total. The minimum atomic E-state index is -3.59. The quantitative estimate of drug-likeness (QED) is 0.851. The van der Waals surface area contributed by atoms with Gasteiger partial charge in [-0.3, -0.25) is 0 Å². The van der Waals surface area contributed by atoms with Crippen LogP contribution in [-0.4, -0.2) is 25.8 Å². The maximum Gasteiger partial charge on any atom is 0.210 e. The predicted molar refractivity (Wildman–Crippen MR) is 62.1 cm³/mol. The number of rotatable bonds is 3. The van der Waals surface area contributed by atoms with Crippen LogP contribution in [0.3, 0.4) is 0 Å². The summed E-state index contributed by atoms with van der Waals surface area (Å²) in [4.78, 5) is 3.95.